The van der Waals surface area contributed by atoms with Crippen LogP contribution in [0.1, 0.15) is 32.0 Å². The highest BCUT2D eigenvalue weighted by molar-refractivity contribution is 5.82. The molecular formula is C14H19N. The second kappa shape index (κ2) is 3.13. The molecule has 15 heavy (non-hydrogen) atoms. The van der Waals surface area contributed by atoms with Crippen LogP contribution in [-0.2, 0) is 12.5 Å². The zero-order chi connectivity index (χ0) is 11.2. The largest absolute Gasteiger partial charge is 0.347 e. The predicted octanol–water partition coefficient (Wildman–Crippen LogP) is 3.78. The number of hydrogen-bond donors (Lipinski definition) is 0. The predicted molar refractivity (Wildman–Crippen MR) is 66.4 cm³/mol. The van der Waals surface area contributed by atoms with Crippen molar-refractivity contribution in [1.29, 1.82) is 0 Å². The molecule has 80 valence electrons. The summed E-state index contributed by atoms with van der Waals surface area (Å²) in [5, 5.41) is 1.34. The van der Waals surface area contributed by atoms with E-state index >= 15 is 0 Å². The van der Waals surface area contributed by atoms with Crippen molar-refractivity contribution in [2.75, 3.05) is 0 Å². The second-order valence-electron chi connectivity index (χ2n) is 5.40. The lowest BCUT2D eigenvalue weighted by Gasteiger charge is -2.19. The van der Waals surface area contributed by atoms with Crippen molar-refractivity contribution in [2.24, 2.45) is 7.05 Å². The standard InChI is InChI=1S/C14H19N/c1-10-6-7-11-9-13(14(2,3)4)15(5)12(11)8-10/h6-9H,1-5H3. The van der Waals surface area contributed by atoms with Crippen molar-refractivity contribution in [3.63, 3.8) is 0 Å². The number of rotatable bonds is 0. The summed E-state index contributed by atoms with van der Waals surface area (Å²) in [6, 6.07) is 8.94. The molecule has 0 unspecified atom stereocenters. The summed E-state index contributed by atoms with van der Waals surface area (Å²) in [7, 11) is 2.16. The van der Waals surface area contributed by atoms with Crippen LogP contribution >= 0.6 is 0 Å². The average Bonchev–Trinajstić information content (AvgIpc) is 2.43. The Kier molecular flexibility index (Phi) is 2.14. The summed E-state index contributed by atoms with van der Waals surface area (Å²) in [4.78, 5) is 0. The van der Waals surface area contributed by atoms with Gasteiger partial charge in [-0.1, -0.05) is 32.9 Å². The average molecular weight is 201 g/mol. The van der Waals surface area contributed by atoms with Gasteiger partial charge < -0.3 is 4.57 Å². The fourth-order valence-corrected chi connectivity index (χ4v) is 2.16. The molecule has 0 fully saturated rings. The maximum atomic E-state index is 2.31. The van der Waals surface area contributed by atoms with Gasteiger partial charge in [-0.3, -0.25) is 0 Å². The van der Waals surface area contributed by atoms with Crippen LogP contribution in [0.5, 0.6) is 0 Å². The molecule has 1 heteroatoms. The molecule has 0 radical (unpaired) electrons. The molecule has 2 aromatic rings. The Morgan fingerprint density at radius 2 is 1.73 bits per heavy atom. The summed E-state index contributed by atoms with van der Waals surface area (Å²) < 4.78 is 2.31. The summed E-state index contributed by atoms with van der Waals surface area (Å²) in [5.41, 5.74) is 4.26. The van der Waals surface area contributed by atoms with Crippen molar-refractivity contribution in [2.45, 2.75) is 33.1 Å². The summed E-state index contributed by atoms with van der Waals surface area (Å²) in [6.07, 6.45) is 0. The zero-order valence-electron chi connectivity index (χ0n) is 10.3. The van der Waals surface area contributed by atoms with E-state index < -0.39 is 0 Å². The first-order chi connectivity index (χ1) is 6.89. The molecule has 1 aromatic heterocycles. The number of aryl methyl sites for hydroxylation is 2. The van der Waals surface area contributed by atoms with Gasteiger partial charge in [0.15, 0.2) is 0 Å². The highest BCUT2D eigenvalue weighted by Gasteiger charge is 2.18. The van der Waals surface area contributed by atoms with Crippen LogP contribution in [-0.4, -0.2) is 4.57 Å². The Morgan fingerprint density at radius 1 is 1.07 bits per heavy atom. The molecule has 0 aliphatic rings. The van der Waals surface area contributed by atoms with Gasteiger partial charge in [0, 0.05) is 23.7 Å². The normalized spacial score (nSPS) is 12.3. The molecule has 0 bridgehead atoms. The van der Waals surface area contributed by atoms with Crippen molar-refractivity contribution in [1.82, 2.24) is 4.57 Å². The molecule has 1 heterocycles. The fourth-order valence-electron chi connectivity index (χ4n) is 2.16. The van der Waals surface area contributed by atoms with Crippen LogP contribution < -0.4 is 0 Å². The molecular weight excluding hydrogens is 182 g/mol. The number of nitrogens with zero attached hydrogens (tertiary/aromatic N) is 1. The van der Waals surface area contributed by atoms with Gasteiger partial charge in [0.2, 0.25) is 0 Å². The maximum absolute atomic E-state index is 2.31. The highest BCUT2D eigenvalue weighted by atomic mass is 15.0. The third kappa shape index (κ3) is 1.67. The van der Waals surface area contributed by atoms with Gasteiger partial charge in [-0.2, -0.15) is 0 Å². The number of fused-ring (bicyclic) bond motifs is 1. The van der Waals surface area contributed by atoms with E-state index in [1.165, 1.54) is 22.2 Å². The van der Waals surface area contributed by atoms with Crippen molar-refractivity contribution in [3.05, 3.63) is 35.5 Å². The van der Waals surface area contributed by atoms with Crippen LogP contribution in [0.15, 0.2) is 24.3 Å². The van der Waals surface area contributed by atoms with E-state index in [0.717, 1.165) is 0 Å². The maximum Gasteiger partial charge on any atom is 0.0482 e. The smallest absolute Gasteiger partial charge is 0.0482 e. The van der Waals surface area contributed by atoms with E-state index in [1.54, 1.807) is 0 Å². The lowest BCUT2D eigenvalue weighted by Crippen LogP contribution is -2.15. The quantitative estimate of drug-likeness (QED) is 0.611. The minimum atomic E-state index is 0.210. The van der Waals surface area contributed by atoms with Crippen LogP contribution in [0.3, 0.4) is 0 Å². The van der Waals surface area contributed by atoms with Crippen LogP contribution in [0, 0.1) is 6.92 Å². The summed E-state index contributed by atoms with van der Waals surface area (Å²) in [6.45, 7) is 8.92. The van der Waals surface area contributed by atoms with Crippen LogP contribution in [0.25, 0.3) is 10.9 Å². The SMILES string of the molecule is Cc1ccc2cc(C(C)(C)C)n(C)c2c1. The minimum absolute atomic E-state index is 0.210. The fraction of sp³-hybridized carbons (Fsp3) is 0.429. The molecule has 0 amide bonds. The van der Waals surface area contributed by atoms with Gasteiger partial charge >= 0.3 is 0 Å². The third-order valence-corrected chi connectivity index (χ3v) is 2.97. The first-order valence-electron chi connectivity index (χ1n) is 5.46. The Hall–Kier alpha value is -1.24. The summed E-state index contributed by atoms with van der Waals surface area (Å²) >= 11 is 0. The molecule has 0 aliphatic heterocycles. The van der Waals surface area contributed by atoms with Gasteiger partial charge in [0.25, 0.3) is 0 Å². The van der Waals surface area contributed by atoms with Crippen molar-refractivity contribution < 1.29 is 0 Å². The van der Waals surface area contributed by atoms with E-state index in [-0.39, 0.29) is 5.41 Å². The van der Waals surface area contributed by atoms with E-state index in [0.29, 0.717) is 0 Å². The third-order valence-electron chi connectivity index (χ3n) is 2.97. The van der Waals surface area contributed by atoms with Gasteiger partial charge in [-0.25, -0.2) is 0 Å². The molecule has 1 aromatic carbocycles. The number of hydrogen-bond acceptors (Lipinski definition) is 0. The lowest BCUT2D eigenvalue weighted by molar-refractivity contribution is 0.547. The topological polar surface area (TPSA) is 4.93 Å². The molecule has 0 atom stereocenters. The van der Waals surface area contributed by atoms with E-state index in [9.17, 15) is 0 Å². The van der Waals surface area contributed by atoms with E-state index in [1.807, 2.05) is 0 Å². The molecule has 0 N–H and O–H groups in total. The van der Waals surface area contributed by atoms with Crippen molar-refractivity contribution >= 4 is 10.9 Å². The first-order valence-corrected chi connectivity index (χ1v) is 5.46. The Bertz CT molecular complexity index is 498. The molecule has 0 saturated carbocycles. The summed E-state index contributed by atoms with van der Waals surface area (Å²) in [5.74, 6) is 0. The Morgan fingerprint density at radius 3 is 2.33 bits per heavy atom. The molecule has 1 nitrogen and oxygen atoms in total. The minimum Gasteiger partial charge on any atom is -0.347 e. The number of aromatic nitrogens is 1. The lowest BCUT2D eigenvalue weighted by atomic mass is 9.92. The number of benzene rings is 1. The Balaban J connectivity index is 2.76. The molecule has 0 saturated heterocycles. The monoisotopic (exact) mass is 201 g/mol. The van der Waals surface area contributed by atoms with Gasteiger partial charge in [0.05, 0.1) is 0 Å². The van der Waals surface area contributed by atoms with Crippen LogP contribution in [0.4, 0.5) is 0 Å². The second-order valence-corrected chi connectivity index (χ2v) is 5.40. The first kappa shape index (κ1) is 10.3. The van der Waals surface area contributed by atoms with E-state index in [4.69, 9.17) is 0 Å². The van der Waals surface area contributed by atoms with Gasteiger partial charge in [-0.15, -0.1) is 0 Å². The Labute approximate surface area is 91.7 Å². The molecule has 2 rings (SSSR count). The molecule has 0 spiro atoms. The molecule has 0 aliphatic carbocycles. The van der Waals surface area contributed by atoms with Crippen LogP contribution in [0.2, 0.25) is 0 Å². The van der Waals surface area contributed by atoms with Crippen molar-refractivity contribution in [3.8, 4) is 0 Å². The van der Waals surface area contributed by atoms with Gasteiger partial charge in [-0.05, 0) is 30.0 Å². The van der Waals surface area contributed by atoms with Gasteiger partial charge in [0.1, 0.15) is 0 Å². The van der Waals surface area contributed by atoms with E-state index in [2.05, 4.69) is 63.6 Å². The zero-order valence-corrected chi connectivity index (χ0v) is 10.3. The highest BCUT2D eigenvalue weighted by Crippen LogP contribution is 2.28.